The van der Waals surface area contributed by atoms with Gasteiger partial charge in [0.1, 0.15) is 11.5 Å². The lowest BCUT2D eigenvalue weighted by Crippen LogP contribution is -2.42. The van der Waals surface area contributed by atoms with Crippen LogP contribution in [0.4, 0.5) is 11.8 Å². The van der Waals surface area contributed by atoms with Crippen molar-refractivity contribution in [1.29, 1.82) is 0 Å². The number of fused-ring (bicyclic) bond motifs is 4. The molecule has 0 aliphatic carbocycles. The Morgan fingerprint density at radius 1 is 1.00 bits per heavy atom. The van der Waals surface area contributed by atoms with Crippen molar-refractivity contribution in [1.82, 2.24) is 24.8 Å². The zero-order chi connectivity index (χ0) is 35.8. The number of anilines is 2. The Hall–Kier alpha value is -4.58. The maximum Gasteiger partial charge on any atom is 0.264 e. The van der Waals surface area contributed by atoms with E-state index in [9.17, 15) is 13.2 Å². The number of rotatable bonds is 6. The van der Waals surface area contributed by atoms with Gasteiger partial charge in [0.15, 0.2) is 5.75 Å². The van der Waals surface area contributed by atoms with Crippen LogP contribution in [0.2, 0.25) is 0 Å². The Morgan fingerprint density at radius 2 is 1.74 bits per heavy atom. The van der Waals surface area contributed by atoms with Crippen molar-refractivity contribution in [2.45, 2.75) is 97.2 Å². The van der Waals surface area contributed by atoms with Crippen LogP contribution in [0.15, 0.2) is 59.8 Å². The Kier molecular flexibility index (Phi) is 9.85. The van der Waals surface area contributed by atoms with Gasteiger partial charge in [0.05, 0.1) is 42.3 Å². The number of hydrogen-bond donors (Lipinski definition) is 1. The van der Waals surface area contributed by atoms with Gasteiger partial charge in [0.2, 0.25) is 5.95 Å². The summed E-state index contributed by atoms with van der Waals surface area (Å²) in [5.41, 5.74) is 4.66. The second-order valence-corrected chi connectivity index (χ2v) is 16.4. The van der Waals surface area contributed by atoms with Crippen LogP contribution in [0.25, 0.3) is 11.3 Å². The molecule has 2 aliphatic rings. The zero-order valence-corrected chi connectivity index (χ0v) is 30.8. The first-order valence-corrected chi connectivity index (χ1v) is 18.8. The smallest absolute Gasteiger partial charge is 0.264 e. The molecule has 0 saturated carbocycles. The van der Waals surface area contributed by atoms with Crippen molar-refractivity contribution in [2.75, 3.05) is 23.3 Å². The summed E-state index contributed by atoms with van der Waals surface area (Å²) in [6.07, 6.45) is 7.30. The molecule has 1 N–H and O–H groups in total. The topological polar surface area (TPSA) is 131 Å². The van der Waals surface area contributed by atoms with Gasteiger partial charge in [-0.05, 0) is 87.6 Å². The molecule has 4 bridgehead atoms. The van der Waals surface area contributed by atoms with E-state index in [0.29, 0.717) is 48.1 Å². The highest BCUT2D eigenvalue weighted by molar-refractivity contribution is 7.92. The fourth-order valence-electron chi connectivity index (χ4n) is 7.23. The molecule has 11 nitrogen and oxygen atoms in total. The number of carbonyl (C=O) groups excluding carboxylic acids is 1. The minimum Gasteiger partial charge on any atom is -0.493 e. The van der Waals surface area contributed by atoms with Crippen LogP contribution in [0, 0.1) is 19.3 Å². The van der Waals surface area contributed by atoms with Gasteiger partial charge in [0.25, 0.3) is 15.9 Å². The molecule has 264 valence electrons. The molecule has 50 heavy (non-hydrogen) atoms. The maximum absolute atomic E-state index is 14.6. The monoisotopic (exact) mass is 697 g/mol. The summed E-state index contributed by atoms with van der Waals surface area (Å²) in [6, 6.07) is 12.2. The summed E-state index contributed by atoms with van der Waals surface area (Å²) in [5, 5.41) is 0. The quantitative estimate of drug-likeness (QED) is 0.233. The molecule has 4 aromatic rings. The minimum atomic E-state index is -4.17. The number of carbonyl (C=O) groups is 1. The van der Waals surface area contributed by atoms with Crippen LogP contribution >= 0.6 is 0 Å². The number of benzene rings is 2. The number of methoxy groups -OCH3 is 1. The average Bonchev–Trinajstić information content (AvgIpc) is 3.50. The lowest BCUT2D eigenvalue weighted by Gasteiger charge is -2.36. The standard InChI is InChI=1S/C38H47N7O4S/c1-24-11-8-12-25(2)33(24)34-35(49-7)31-17-16-29(20-38(4,5)6)45(23-28-21-39-22-32(40-28)44-18-10-13-26(44)3)36(46)27-14-9-15-30(19-27)50(47,48)43-37(41-31)42-34/h8-9,11-12,14-15,19,21-22,26,29H,10,13,16-18,20,23H2,1-7H3,(H,41,42,43)/t26-,29+/m1/s1. The summed E-state index contributed by atoms with van der Waals surface area (Å²) < 4.78 is 36.3. The maximum atomic E-state index is 14.6. The zero-order valence-electron chi connectivity index (χ0n) is 30.0. The Morgan fingerprint density at radius 3 is 2.42 bits per heavy atom. The normalized spacial score (nSPS) is 19.3. The SMILES string of the molecule is COc1c2nc(nc1-c1c(C)cccc1C)NS(=O)(=O)c1cccc(c1)C(=O)N(Cc1cncc(N3CCC[C@H]3C)n1)[C@H](CC(C)(C)C)CC2. The Bertz CT molecular complexity index is 1990. The molecular formula is C38H47N7O4S. The van der Waals surface area contributed by atoms with Crippen LogP contribution < -0.4 is 14.4 Å². The van der Waals surface area contributed by atoms with Crippen molar-refractivity contribution < 1.29 is 17.9 Å². The molecule has 2 aromatic heterocycles. The Labute approximate surface area is 295 Å². The van der Waals surface area contributed by atoms with Crippen LogP contribution in [0.1, 0.15) is 86.3 Å². The number of aromatic nitrogens is 4. The highest BCUT2D eigenvalue weighted by Gasteiger charge is 2.32. The van der Waals surface area contributed by atoms with Gasteiger partial charge in [-0.2, -0.15) is 0 Å². The van der Waals surface area contributed by atoms with Crippen molar-refractivity contribution in [2.24, 2.45) is 5.41 Å². The largest absolute Gasteiger partial charge is 0.493 e. The second kappa shape index (κ2) is 14.0. The van der Waals surface area contributed by atoms with Crippen LogP contribution in [-0.4, -0.2) is 64.9 Å². The van der Waals surface area contributed by atoms with E-state index in [-0.39, 0.29) is 40.3 Å². The minimum absolute atomic E-state index is 0.0538. The van der Waals surface area contributed by atoms with E-state index < -0.39 is 10.0 Å². The summed E-state index contributed by atoms with van der Waals surface area (Å²) in [4.78, 5) is 37.7. The third-order valence-corrected chi connectivity index (χ3v) is 10.9. The molecule has 2 atom stereocenters. The number of aryl methyl sites for hydroxylation is 3. The van der Waals surface area contributed by atoms with Crippen molar-refractivity contribution >= 4 is 27.7 Å². The van der Waals surface area contributed by atoms with E-state index in [1.165, 1.54) is 12.1 Å². The van der Waals surface area contributed by atoms with Crippen LogP contribution in [-0.2, 0) is 23.0 Å². The van der Waals surface area contributed by atoms with E-state index in [4.69, 9.17) is 19.7 Å². The van der Waals surface area contributed by atoms with Gasteiger partial charge in [-0.25, -0.2) is 28.1 Å². The molecule has 1 amide bonds. The van der Waals surface area contributed by atoms with E-state index in [0.717, 1.165) is 41.9 Å². The third kappa shape index (κ3) is 7.45. The average molecular weight is 698 g/mol. The van der Waals surface area contributed by atoms with Crippen LogP contribution in [0.3, 0.4) is 0 Å². The van der Waals surface area contributed by atoms with E-state index in [1.807, 2.05) is 36.9 Å². The van der Waals surface area contributed by atoms with E-state index in [1.54, 1.807) is 31.6 Å². The molecule has 2 aromatic carbocycles. The molecule has 12 heteroatoms. The number of nitrogens with one attached hydrogen (secondary N) is 1. The van der Waals surface area contributed by atoms with Gasteiger partial charge < -0.3 is 14.5 Å². The number of ether oxygens (including phenoxy) is 1. The van der Waals surface area contributed by atoms with Gasteiger partial charge in [-0.1, -0.05) is 45.0 Å². The van der Waals surface area contributed by atoms with Crippen molar-refractivity contribution in [3.05, 3.63) is 82.9 Å². The van der Waals surface area contributed by atoms with Crippen LogP contribution in [0.5, 0.6) is 5.75 Å². The molecule has 0 spiro atoms. The molecule has 1 fully saturated rings. The molecule has 6 rings (SSSR count). The summed E-state index contributed by atoms with van der Waals surface area (Å²) in [5.74, 6) is 0.946. The van der Waals surface area contributed by atoms with Gasteiger partial charge >= 0.3 is 0 Å². The van der Waals surface area contributed by atoms with E-state index >= 15 is 0 Å². The number of sulfonamides is 1. The number of nitrogens with zero attached hydrogens (tertiary/aromatic N) is 6. The number of hydrogen-bond acceptors (Lipinski definition) is 9. The predicted molar refractivity (Wildman–Crippen MR) is 195 cm³/mol. The first-order valence-electron chi connectivity index (χ1n) is 17.3. The van der Waals surface area contributed by atoms with Gasteiger partial charge in [0, 0.05) is 29.8 Å². The number of amides is 1. The lowest BCUT2D eigenvalue weighted by molar-refractivity contribution is 0.0592. The Balaban J connectivity index is 1.51. The summed E-state index contributed by atoms with van der Waals surface area (Å²) in [7, 11) is -2.59. The first kappa shape index (κ1) is 35.3. The van der Waals surface area contributed by atoms with E-state index in [2.05, 4.69) is 42.3 Å². The summed E-state index contributed by atoms with van der Waals surface area (Å²) in [6.45, 7) is 13.8. The molecule has 0 radical (unpaired) electrons. The lowest BCUT2D eigenvalue weighted by atomic mass is 9.85. The third-order valence-electron chi connectivity index (χ3n) is 9.59. The van der Waals surface area contributed by atoms with Crippen molar-refractivity contribution in [3.8, 4) is 17.0 Å². The molecule has 0 unspecified atom stereocenters. The highest BCUT2D eigenvalue weighted by Crippen LogP contribution is 2.38. The highest BCUT2D eigenvalue weighted by atomic mass is 32.2. The molecule has 4 heterocycles. The summed E-state index contributed by atoms with van der Waals surface area (Å²) >= 11 is 0. The molecule has 2 aliphatic heterocycles. The molecule has 1 saturated heterocycles. The fraction of sp³-hybridized carbons (Fsp3) is 0.447. The second-order valence-electron chi connectivity index (χ2n) is 14.7. The predicted octanol–water partition coefficient (Wildman–Crippen LogP) is 6.74. The molecular weight excluding hydrogens is 651 g/mol. The van der Waals surface area contributed by atoms with Crippen molar-refractivity contribution in [3.63, 3.8) is 0 Å². The fourth-order valence-corrected chi connectivity index (χ4v) is 8.22. The van der Waals surface area contributed by atoms with Gasteiger partial charge in [-0.3, -0.25) is 9.78 Å². The first-order chi connectivity index (χ1) is 23.7. The van der Waals surface area contributed by atoms with Gasteiger partial charge in [-0.15, -0.1) is 0 Å².